The molecule has 1 aliphatic rings. The third-order valence-electron chi connectivity index (χ3n) is 4.35. The van der Waals surface area contributed by atoms with Crippen LogP contribution in [0, 0.1) is 0 Å². The molecular weight excluding hydrogens is 318 g/mol. The van der Waals surface area contributed by atoms with Crippen molar-refractivity contribution in [2.45, 2.75) is 38.8 Å². The van der Waals surface area contributed by atoms with Crippen molar-refractivity contribution in [1.82, 2.24) is 20.1 Å². The summed E-state index contributed by atoms with van der Waals surface area (Å²) < 4.78 is 0. The first-order valence-corrected chi connectivity index (χ1v) is 8.86. The molecule has 0 bridgehead atoms. The second-order valence-electron chi connectivity index (χ2n) is 6.93. The van der Waals surface area contributed by atoms with Gasteiger partial charge in [-0.15, -0.1) is 0 Å². The molecule has 1 aliphatic heterocycles. The summed E-state index contributed by atoms with van der Waals surface area (Å²) in [6.07, 6.45) is 5.25. The Kier molecular flexibility index (Phi) is 7.33. The number of rotatable bonds is 7. The fourth-order valence-corrected chi connectivity index (χ4v) is 3.08. The van der Waals surface area contributed by atoms with Gasteiger partial charge in [0.05, 0.1) is 13.1 Å². The Morgan fingerprint density at radius 1 is 1.24 bits per heavy atom. The van der Waals surface area contributed by atoms with Crippen molar-refractivity contribution >= 4 is 17.5 Å². The van der Waals surface area contributed by atoms with Gasteiger partial charge in [0.15, 0.2) is 0 Å². The number of aromatic nitrogens is 1. The van der Waals surface area contributed by atoms with Gasteiger partial charge in [-0.05, 0) is 45.9 Å². The van der Waals surface area contributed by atoms with Crippen LogP contribution in [0.1, 0.15) is 26.7 Å². The molecule has 1 aromatic heterocycles. The number of nitrogens with one attached hydrogen (secondary N) is 2. The molecule has 7 heteroatoms. The van der Waals surface area contributed by atoms with Gasteiger partial charge in [-0.25, -0.2) is 0 Å². The van der Waals surface area contributed by atoms with Gasteiger partial charge in [-0.3, -0.25) is 24.4 Å². The van der Waals surface area contributed by atoms with E-state index in [0.29, 0.717) is 19.1 Å². The van der Waals surface area contributed by atoms with E-state index in [-0.39, 0.29) is 17.9 Å². The van der Waals surface area contributed by atoms with Gasteiger partial charge < -0.3 is 10.6 Å². The summed E-state index contributed by atoms with van der Waals surface area (Å²) >= 11 is 0. The number of hydrogen-bond donors (Lipinski definition) is 2. The van der Waals surface area contributed by atoms with E-state index in [0.717, 1.165) is 31.6 Å². The molecule has 2 amide bonds. The van der Waals surface area contributed by atoms with Gasteiger partial charge in [-0.1, -0.05) is 0 Å². The van der Waals surface area contributed by atoms with Crippen molar-refractivity contribution in [3.63, 3.8) is 0 Å². The van der Waals surface area contributed by atoms with Crippen LogP contribution in [0.15, 0.2) is 24.5 Å². The van der Waals surface area contributed by atoms with Crippen LogP contribution < -0.4 is 10.6 Å². The highest BCUT2D eigenvalue weighted by Gasteiger charge is 2.24. The van der Waals surface area contributed by atoms with E-state index in [2.05, 4.69) is 25.4 Å². The normalized spacial score (nSPS) is 16.2. The summed E-state index contributed by atoms with van der Waals surface area (Å²) in [4.78, 5) is 32.2. The molecule has 0 aliphatic carbocycles. The number of likely N-dealkylation sites (tertiary alicyclic amines) is 1. The van der Waals surface area contributed by atoms with E-state index >= 15 is 0 Å². The molecule has 1 aromatic rings. The number of amides is 2. The van der Waals surface area contributed by atoms with Gasteiger partial charge in [0.25, 0.3) is 0 Å². The summed E-state index contributed by atoms with van der Waals surface area (Å²) in [5, 5.41) is 5.81. The third kappa shape index (κ3) is 6.80. The predicted molar refractivity (Wildman–Crippen MR) is 98.2 cm³/mol. The summed E-state index contributed by atoms with van der Waals surface area (Å²) in [5.41, 5.74) is 0.769. The van der Waals surface area contributed by atoms with Gasteiger partial charge in [0, 0.05) is 43.3 Å². The maximum atomic E-state index is 12.1. The van der Waals surface area contributed by atoms with Crippen LogP contribution in [0.4, 0.5) is 5.69 Å². The maximum Gasteiger partial charge on any atom is 0.238 e. The molecule has 0 radical (unpaired) electrons. The van der Waals surface area contributed by atoms with Crippen molar-refractivity contribution in [3.8, 4) is 0 Å². The van der Waals surface area contributed by atoms with E-state index in [1.807, 2.05) is 20.9 Å². The van der Waals surface area contributed by atoms with Crippen molar-refractivity contribution < 1.29 is 9.59 Å². The number of piperidine rings is 1. The molecule has 1 fully saturated rings. The molecule has 7 nitrogen and oxygen atoms in total. The molecular formula is C18H29N5O2. The van der Waals surface area contributed by atoms with E-state index in [4.69, 9.17) is 0 Å². The molecule has 0 aromatic carbocycles. The van der Waals surface area contributed by atoms with Crippen LogP contribution in [0.25, 0.3) is 0 Å². The zero-order valence-corrected chi connectivity index (χ0v) is 15.4. The average molecular weight is 347 g/mol. The highest BCUT2D eigenvalue weighted by molar-refractivity contribution is 5.92. The standard InChI is InChI=1S/C18H29N5O2/c1-14(2)20-17(24)12-22(3)16-6-10-23(11-7-16)13-18(25)21-15-4-8-19-9-5-15/h4-5,8-9,14,16H,6-7,10-13H2,1-3H3,(H,20,24)(H,19,21,25). The SMILES string of the molecule is CC(C)NC(=O)CN(C)C1CCN(CC(=O)Nc2ccncc2)CC1. The van der Waals surface area contributed by atoms with Gasteiger partial charge in [0.1, 0.15) is 0 Å². The lowest BCUT2D eigenvalue weighted by Crippen LogP contribution is -2.48. The Hall–Kier alpha value is -1.99. The monoisotopic (exact) mass is 347 g/mol. The first-order chi connectivity index (χ1) is 11.9. The molecule has 0 saturated carbocycles. The van der Waals surface area contributed by atoms with Crippen molar-refractivity contribution in [2.24, 2.45) is 0 Å². The zero-order chi connectivity index (χ0) is 18.2. The fourth-order valence-electron chi connectivity index (χ4n) is 3.08. The first kappa shape index (κ1) is 19.3. The summed E-state index contributed by atoms with van der Waals surface area (Å²) in [6, 6.07) is 4.11. The van der Waals surface area contributed by atoms with Crippen LogP contribution >= 0.6 is 0 Å². The lowest BCUT2D eigenvalue weighted by Gasteiger charge is -2.36. The van der Waals surface area contributed by atoms with Crippen LogP contribution in [0.5, 0.6) is 0 Å². The zero-order valence-electron chi connectivity index (χ0n) is 15.4. The Morgan fingerprint density at radius 3 is 2.48 bits per heavy atom. The van der Waals surface area contributed by atoms with Crippen LogP contribution in [-0.2, 0) is 9.59 Å². The van der Waals surface area contributed by atoms with Crippen LogP contribution in [-0.4, -0.2) is 71.9 Å². The lowest BCUT2D eigenvalue weighted by molar-refractivity contribution is -0.123. The molecule has 1 saturated heterocycles. The number of nitrogens with zero attached hydrogens (tertiary/aromatic N) is 3. The quantitative estimate of drug-likeness (QED) is 0.768. The Labute approximate surface area is 149 Å². The number of carbonyl (C=O) groups excluding carboxylic acids is 2. The largest absolute Gasteiger partial charge is 0.353 e. The average Bonchev–Trinajstić information content (AvgIpc) is 2.55. The smallest absolute Gasteiger partial charge is 0.238 e. The molecule has 138 valence electrons. The van der Waals surface area contributed by atoms with Gasteiger partial charge in [0.2, 0.25) is 11.8 Å². The van der Waals surface area contributed by atoms with E-state index in [1.165, 1.54) is 0 Å². The van der Waals surface area contributed by atoms with Crippen LogP contribution in [0.3, 0.4) is 0 Å². The summed E-state index contributed by atoms with van der Waals surface area (Å²) in [7, 11) is 2.00. The minimum Gasteiger partial charge on any atom is -0.353 e. The number of pyridine rings is 1. The van der Waals surface area contributed by atoms with Crippen LogP contribution in [0.2, 0.25) is 0 Å². The summed E-state index contributed by atoms with van der Waals surface area (Å²) in [5.74, 6) is 0.0611. The lowest BCUT2D eigenvalue weighted by atomic mass is 10.0. The van der Waals surface area contributed by atoms with E-state index in [9.17, 15) is 9.59 Å². The molecule has 0 spiro atoms. The molecule has 2 rings (SSSR count). The minimum atomic E-state index is -0.00526. The molecule has 25 heavy (non-hydrogen) atoms. The second kappa shape index (κ2) is 9.48. The first-order valence-electron chi connectivity index (χ1n) is 8.86. The third-order valence-corrected chi connectivity index (χ3v) is 4.35. The van der Waals surface area contributed by atoms with E-state index < -0.39 is 0 Å². The Balaban J connectivity index is 1.70. The molecule has 0 atom stereocenters. The van der Waals surface area contributed by atoms with Crippen molar-refractivity contribution in [2.75, 3.05) is 38.5 Å². The number of likely N-dealkylation sites (N-methyl/N-ethyl adjacent to an activating group) is 1. The molecule has 2 N–H and O–H groups in total. The number of anilines is 1. The minimum absolute atomic E-state index is 0.00526. The molecule has 0 unspecified atom stereocenters. The van der Waals surface area contributed by atoms with Crippen molar-refractivity contribution in [3.05, 3.63) is 24.5 Å². The number of carbonyl (C=O) groups is 2. The fraction of sp³-hybridized carbons (Fsp3) is 0.611. The van der Waals surface area contributed by atoms with E-state index in [1.54, 1.807) is 24.5 Å². The maximum absolute atomic E-state index is 12.1. The second-order valence-corrected chi connectivity index (χ2v) is 6.93. The highest BCUT2D eigenvalue weighted by Crippen LogP contribution is 2.15. The van der Waals surface area contributed by atoms with Gasteiger partial charge >= 0.3 is 0 Å². The Bertz CT molecular complexity index is 556. The Morgan fingerprint density at radius 2 is 1.88 bits per heavy atom. The molecule has 2 heterocycles. The number of hydrogen-bond acceptors (Lipinski definition) is 5. The summed E-state index contributed by atoms with van der Waals surface area (Å²) in [6.45, 7) is 6.48. The predicted octanol–water partition coefficient (Wildman–Crippen LogP) is 0.941. The topological polar surface area (TPSA) is 77.6 Å². The van der Waals surface area contributed by atoms with Gasteiger partial charge in [-0.2, -0.15) is 0 Å². The highest BCUT2D eigenvalue weighted by atomic mass is 16.2. The van der Waals surface area contributed by atoms with Crippen molar-refractivity contribution in [1.29, 1.82) is 0 Å².